The molecule has 1 aromatic rings. The normalized spacial score (nSPS) is 16.5. The molecule has 0 aliphatic heterocycles. The van der Waals surface area contributed by atoms with Crippen LogP contribution in [0.4, 0.5) is 26.3 Å². The van der Waals surface area contributed by atoms with Crippen LogP contribution in [0.5, 0.6) is 0 Å². The van der Waals surface area contributed by atoms with Crippen LogP contribution in [-0.2, 0) is 20.8 Å². The second-order valence-electron chi connectivity index (χ2n) is 6.94. The molecule has 1 aliphatic rings. The Hall–Kier alpha value is -2.37. The molecule has 0 radical (unpaired) electrons. The maximum Gasteiger partial charge on any atom is 0.525 e. The third kappa shape index (κ3) is 10.8. The molecule has 2 rings (SSSR count). The molecule has 1 amide bonds. The first-order chi connectivity index (χ1) is 14.8. The molecule has 11 heteroatoms. The first kappa shape index (κ1) is 27.7. The van der Waals surface area contributed by atoms with Gasteiger partial charge in [0, 0.05) is 25.4 Å². The van der Waals surface area contributed by atoms with E-state index in [1.807, 2.05) is 30.3 Å². The predicted octanol–water partition coefficient (Wildman–Crippen LogP) is 4.95. The summed E-state index contributed by atoms with van der Waals surface area (Å²) in [6.07, 6.45) is -8.21. The third-order valence-electron chi connectivity index (χ3n) is 4.38. The van der Waals surface area contributed by atoms with Crippen molar-refractivity contribution in [2.24, 2.45) is 11.7 Å². The van der Waals surface area contributed by atoms with Gasteiger partial charge < -0.3 is 11.1 Å². The van der Waals surface area contributed by atoms with E-state index in [1.165, 1.54) is 5.56 Å². The maximum atomic E-state index is 12.4. The van der Waals surface area contributed by atoms with E-state index in [1.54, 1.807) is 13.8 Å². The molecule has 180 valence electrons. The minimum Gasteiger partial charge on any atom is -0.352 e. The molecular formula is C21H26F6N2O3. The molecule has 0 heterocycles. The highest BCUT2D eigenvalue weighted by Gasteiger charge is 2.50. The molecule has 32 heavy (non-hydrogen) atoms. The lowest BCUT2D eigenvalue weighted by Gasteiger charge is -2.33. The fourth-order valence-electron chi connectivity index (χ4n) is 2.50. The predicted molar refractivity (Wildman–Crippen MR) is 106 cm³/mol. The molecule has 1 atom stereocenters. The Morgan fingerprint density at radius 1 is 1.12 bits per heavy atom. The smallest absolute Gasteiger partial charge is 0.352 e. The number of rotatable bonds is 7. The molecule has 5 nitrogen and oxygen atoms in total. The largest absolute Gasteiger partial charge is 0.525 e. The van der Waals surface area contributed by atoms with Crippen molar-refractivity contribution in [3.63, 3.8) is 0 Å². The molecule has 0 fully saturated rings. The van der Waals surface area contributed by atoms with Gasteiger partial charge >= 0.3 is 12.7 Å². The molecule has 0 saturated carbocycles. The second kappa shape index (κ2) is 12.0. The minimum absolute atomic E-state index is 0.0201. The Morgan fingerprint density at radius 2 is 1.69 bits per heavy atom. The van der Waals surface area contributed by atoms with Crippen LogP contribution in [0.1, 0.15) is 32.3 Å². The summed E-state index contributed by atoms with van der Waals surface area (Å²) in [5.74, 6) is -3.53. The van der Waals surface area contributed by atoms with Gasteiger partial charge in [0.15, 0.2) is 0 Å². The van der Waals surface area contributed by atoms with Crippen LogP contribution < -0.4 is 11.1 Å². The van der Waals surface area contributed by atoms with Crippen molar-refractivity contribution in [1.82, 2.24) is 5.32 Å². The molecule has 0 spiro atoms. The van der Waals surface area contributed by atoms with E-state index in [4.69, 9.17) is 5.73 Å². The average molecular weight is 468 g/mol. The molecule has 1 aromatic carbocycles. The SMILES string of the molecule is CCC(C)C(=O)NCC1=CCC(OC(F)(F)F)(OC(F)(F)F)C=C1.NCc1ccccc1. The van der Waals surface area contributed by atoms with Crippen LogP contribution in [-0.4, -0.2) is 31.0 Å². The lowest BCUT2D eigenvalue weighted by atomic mass is 10.0. The number of amides is 1. The number of nitrogens with one attached hydrogen (secondary N) is 1. The summed E-state index contributed by atoms with van der Waals surface area (Å²) in [6.45, 7) is 4.12. The van der Waals surface area contributed by atoms with Crippen molar-refractivity contribution >= 4 is 5.91 Å². The van der Waals surface area contributed by atoms with Gasteiger partial charge in [0.1, 0.15) is 0 Å². The fourth-order valence-corrected chi connectivity index (χ4v) is 2.50. The standard InChI is InChI=1S/C14H17F6NO3.C7H9N/c1-3-9(2)11(22)21-8-10-4-6-12(7-5-10,23-13(15,16)17)24-14(18,19)20;8-6-7-4-2-1-3-5-7/h4-6,9H,3,7-8H2,1-2H3,(H,21,22);1-5H,6,8H2. The van der Waals surface area contributed by atoms with E-state index in [2.05, 4.69) is 14.8 Å². The van der Waals surface area contributed by atoms with Gasteiger partial charge in [-0.15, -0.1) is 26.3 Å². The number of nitrogens with two attached hydrogens (primary N) is 1. The zero-order chi connectivity index (χ0) is 24.4. The summed E-state index contributed by atoms with van der Waals surface area (Å²) < 4.78 is 81.2. The summed E-state index contributed by atoms with van der Waals surface area (Å²) in [5.41, 5.74) is 6.88. The van der Waals surface area contributed by atoms with Crippen molar-refractivity contribution in [2.75, 3.05) is 6.54 Å². The zero-order valence-electron chi connectivity index (χ0n) is 17.6. The molecule has 0 aromatic heterocycles. The van der Waals surface area contributed by atoms with Crippen molar-refractivity contribution in [2.45, 2.75) is 51.7 Å². The van der Waals surface area contributed by atoms with E-state index < -0.39 is 24.9 Å². The lowest BCUT2D eigenvalue weighted by Crippen LogP contribution is -2.44. The van der Waals surface area contributed by atoms with E-state index in [9.17, 15) is 31.1 Å². The van der Waals surface area contributed by atoms with Gasteiger partial charge in [-0.3, -0.25) is 14.3 Å². The summed E-state index contributed by atoms with van der Waals surface area (Å²) in [5, 5.41) is 2.54. The van der Waals surface area contributed by atoms with Crippen molar-refractivity contribution in [1.29, 1.82) is 0 Å². The number of carbonyl (C=O) groups is 1. The maximum absolute atomic E-state index is 12.4. The van der Waals surface area contributed by atoms with Gasteiger partial charge in [-0.25, -0.2) is 0 Å². The average Bonchev–Trinajstić information content (AvgIpc) is 2.71. The number of carbonyl (C=O) groups excluding carboxylic acids is 1. The summed E-state index contributed by atoms with van der Waals surface area (Å²) in [4.78, 5) is 11.6. The van der Waals surface area contributed by atoms with Crippen molar-refractivity contribution < 1.29 is 40.6 Å². The first-order valence-corrected chi connectivity index (χ1v) is 9.73. The van der Waals surface area contributed by atoms with Crippen LogP contribution in [0.2, 0.25) is 0 Å². The van der Waals surface area contributed by atoms with Crippen LogP contribution in [0.3, 0.4) is 0 Å². The van der Waals surface area contributed by atoms with E-state index in [0.29, 0.717) is 24.6 Å². The monoisotopic (exact) mass is 468 g/mol. The highest BCUT2D eigenvalue weighted by Crippen LogP contribution is 2.38. The number of hydrogen-bond donors (Lipinski definition) is 2. The lowest BCUT2D eigenvalue weighted by molar-refractivity contribution is -0.464. The highest BCUT2D eigenvalue weighted by atomic mass is 19.4. The second-order valence-corrected chi connectivity index (χ2v) is 6.94. The van der Waals surface area contributed by atoms with Gasteiger partial charge in [-0.1, -0.05) is 56.3 Å². The third-order valence-corrected chi connectivity index (χ3v) is 4.38. The molecule has 1 unspecified atom stereocenters. The quantitative estimate of drug-likeness (QED) is 0.439. The Morgan fingerprint density at radius 3 is 2.06 bits per heavy atom. The van der Waals surface area contributed by atoms with Crippen LogP contribution in [0, 0.1) is 5.92 Å². The number of hydrogen-bond acceptors (Lipinski definition) is 4. The molecule has 1 aliphatic carbocycles. The van der Waals surface area contributed by atoms with Crippen LogP contribution in [0.25, 0.3) is 0 Å². The Kier molecular flexibility index (Phi) is 10.4. The molecule has 0 saturated heterocycles. The van der Waals surface area contributed by atoms with Crippen LogP contribution in [0.15, 0.2) is 54.1 Å². The molecule has 3 N–H and O–H groups in total. The minimum atomic E-state index is -5.31. The fraction of sp³-hybridized carbons (Fsp3) is 0.476. The highest BCUT2D eigenvalue weighted by molar-refractivity contribution is 5.78. The topological polar surface area (TPSA) is 73.6 Å². The van der Waals surface area contributed by atoms with Gasteiger partial charge in [-0.05, 0) is 23.6 Å². The summed E-state index contributed by atoms with van der Waals surface area (Å²) >= 11 is 0. The Balaban J connectivity index is 0.000000533. The number of benzene rings is 1. The van der Waals surface area contributed by atoms with Gasteiger partial charge in [-0.2, -0.15) is 0 Å². The first-order valence-electron chi connectivity index (χ1n) is 9.73. The molecular weight excluding hydrogens is 442 g/mol. The number of ether oxygens (including phenoxy) is 2. The number of halogens is 6. The van der Waals surface area contributed by atoms with Crippen molar-refractivity contribution in [3.8, 4) is 0 Å². The van der Waals surface area contributed by atoms with Gasteiger partial charge in [0.2, 0.25) is 11.7 Å². The Bertz CT molecular complexity index is 760. The Labute approximate surface area is 182 Å². The zero-order valence-corrected chi connectivity index (χ0v) is 17.6. The summed E-state index contributed by atoms with van der Waals surface area (Å²) in [6, 6.07) is 9.99. The summed E-state index contributed by atoms with van der Waals surface area (Å²) in [7, 11) is 0. The van der Waals surface area contributed by atoms with Crippen LogP contribution >= 0.6 is 0 Å². The van der Waals surface area contributed by atoms with E-state index in [0.717, 1.165) is 12.2 Å². The molecule has 0 bridgehead atoms. The van der Waals surface area contributed by atoms with Gasteiger partial charge in [0.25, 0.3) is 0 Å². The number of alkyl halides is 6. The van der Waals surface area contributed by atoms with Gasteiger partial charge in [0.05, 0.1) is 0 Å². The van der Waals surface area contributed by atoms with E-state index in [-0.39, 0.29) is 18.4 Å². The van der Waals surface area contributed by atoms with E-state index >= 15 is 0 Å². The van der Waals surface area contributed by atoms with Crippen molar-refractivity contribution in [3.05, 3.63) is 59.7 Å².